The number of hydrogen-bond donors (Lipinski definition) is 1. The van der Waals surface area contributed by atoms with Crippen LogP contribution in [0.5, 0.6) is 0 Å². The van der Waals surface area contributed by atoms with Gasteiger partial charge in [-0.25, -0.2) is 0 Å². The predicted octanol–water partition coefficient (Wildman–Crippen LogP) is 1.87. The highest BCUT2D eigenvalue weighted by atomic mass is 16.5. The highest BCUT2D eigenvalue weighted by Gasteiger charge is 2.30. The van der Waals surface area contributed by atoms with Crippen molar-refractivity contribution in [2.45, 2.75) is 19.1 Å². The first kappa shape index (κ1) is 13.5. The van der Waals surface area contributed by atoms with E-state index < -0.39 is 0 Å². The predicted molar refractivity (Wildman–Crippen MR) is 80.6 cm³/mol. The minimum atomic E-state index is 0.0598. The van der Waals surface area contributed by atoms with Crippen LogP contribution in [0.4, 0.5) is 0 Å². The van der Waals surface area contributed by atoms with Crippen molar-refractivity contribution in [2.75, 3.05) is 26.7 Å². The van der Waals surface area contributed by atoms with E-state index in [2.05, 4.69) is 41.2 Å². The Morgan fingerprint density at radius 2 is 2.20 bits per heavy atom. The number of aromatic nitrogens is 1. The van der Waals surface area contributed by atoms with Gasteiger partial charge < -0.3 is 10.5 Å². The molecule has 1 aromatic heterocycles. The van der Waals surface area contributed by atoms with Crippen LogP contribution in [0.3, 0.4) is 0 Å². The number of benzene rings is 1. The van der Waals surface area contributed by atoms with Gasteiger partial charge in [-0.15, -0.1) is 0 Å². The highest BCUT2D eigenvalue weighted by molar-refractivity contribution is 5.79. The lowest BCUT2D eigenvalue weighted by Gasteiger charge is -2.39. The third-order valence-corrected chi connectivity index (χ3v) is 4.03. The minimum absolute atomic E-state index is 0.0598. The fraction of sp³-hybridized carbons (Fsp3) is 0.438. The number of morpholine rings is 1. The molecule has 4 heteroatoms. The Morgan fingerprint density at radius 1 is 1.35 bits per heavy atom. The Balaban J connectivity index is 2.01. The smallest absolute Gasteiger partial charge is 0.0894 e. The largest absolute Gasteiger partial charge is 0.374 e. The molecule has 4 nitrogen and oxygen atoms in total. The van der Waals surface area contributed by atoms with E-state index in [1.54, 1.807) is 0 Å². The average molecular weight is 271 g/mol. The fourth-order valence-electron chi connectivity index (χ4n) is 2.96. The first-order valence-electron chi connectivity index (χ1n) is 7.08. The zero-order valence-electron chi connectivity index (χ0n) is 12.0. The summed E-state index contributed by atoms with van der Waals surface area (Å²) in [7, 11) is 2.13. The molecule has 0 amide bonds. The highest BCUT2D eigenvalue weighted by Crippen LogP contribution is 2.29. The molecule has 1 saturated heterocycles. The van der Waals surface area contributed by atoms with E-state index >= 15 is 0 Å². The van der Waals surface area contributed by atoms with Gasteiger partial charge in [-0.05, 0) is 37.7 Å². The van der Waals surface area contributed by atoms with Gasteiger partial charge in [-0.1, -0.05) is 12.1 Å². The maximum absolute atomic E-state index is 5.86. The Labute approximate surface area is 119 Å². The normalized spacial score (nSPS) is 24.1. The van der Waals surface area contributed by atoms with Crippen LogP contribution in [0, 0.1) is 6.92 Å². The molecule has 2 heterocycles. The van der Waals surface area contributed by atoms with Gasteiger partial charge in [-0.2, -0.15) is 0 Å². The Hall–Kier alpha value is -1.49. The van der Waals surface area contributed by atoms with Crippen molar-refractivity contribution >= 4 is 10.9 Å². The topological polar surface area (TPSA) is 51.4 Å². The second kappa shape index (κ2) is 5.48. The molecule has 20 heavy (non-hydrogen) atoms. The number of fused-ring (bicyclic) bond motifs is 1. The maximum atomic E-state index is 5.86. The van der Waals surface area contributed by atoms with Crippen molar-refractivity contribution < 1.29 is 4.74 Å². The average Bonchev–Trinajstić information content (AvgIpc) is 2.46. The number of aryl methyl sites for hydroxylation is 1. The number of likely N-dealkylation sites (N-methyl/N-ethyl adjacent to an activating group) is 1. The zero-order chi connectivity index (χ0) is 14.1. The molecule has 1 aromatic carbocycles. The summed E-state index contributed by atoms with van der Waals surface area (Å²) < 4.78 is 5.81. The molecule has 1 fully saturated rings. The van der Waals surface area contributed by atoms with E-state index in [-0.39, 0.29) is 12.1 Å². The number of nitrogens with zero attached hydrogens (tertiary/aromatic N) is 2. The summed E-state index contributed by atoms with van der Waals surface area (Å²) in [5.74, 6) is 0. The first-order valence-corrected chi connectivity index (χ1v) is 7.08. The Bertz CT molecular complexity index is 614. The van der Waals surface area contributed by atoms with Crippen LogP contribution in [0.25, 0.3) is 10.9 Å². The van der Waals surface area contributed by atoms with Gasteiger partial charge in [0.1, 0.15) is 0 Å². The summed E-state index contributed by atoms with van der Waals surface area (Å²) in [6.07, 6.45) is 0.0598. The molecule has 0 spiro atoms. The molecular weight excluding hydrogens is 250 g/mol. The number of nitrogens with two attached hydrogens (primary N) is 1. The van der Waals surface area contributed by atoms with Crippen LogP contribution in [0.2, 0.25) is 0 Å². The van der Waals surface area contributed by atoms with Crippen LogP contribution in [-0.4, -0.2) is 42.7 Å². The molecular formula is C16H21N3O. The lowest BCUT2D eigenvalue weighted by atomic mass is 9.97. The van der Waals surface area contributed by atoms with Crippen molar-refractivity contribution in [3.8, 4) is 0 Å². The van der Waals surface area contributed by atoms with Crippen LogP contribution in [0.1, 0.15) is 17.3 Å². The number of hydrogen-bond acceptors (Lipinski definition) is 4. The first-order chi connectivity index (χ1) is 9.69. The SMILES string of the molecule is Cc1ccc2cc(C3C(CN)OCCN3C)ccc2n1. The lowest BCUT2D eigenvalue weighted by Crippen LogP contribution is -2.46. The summed E-state index contributed by atoms with van der Waals surface area (Å²) >= 11 is 0. The van der Waals surface area contributed by atoms with Gasteiger partial charge in [0.25, 0.3) is 0 Å². The van der Waals surface area contributed by atoms with Gasteiger partial charge in [0.15, 0.2) is 0 Å². The monoisotopic (exact) mass is 271 g/mol. The van der Waals surface area contributed by atoms with Gasteiger partial charge in [0.05, 0.1) is 24.3 Å². The summed E-state index contributed by atoms with van der Waals surface area (Å²) in [6, 6.07) is 10.8. The number of pyridine rings is 1. The molecule has 106 valence electrons. The molecule has 2 unspecified atom stereocenters. The van der Waals surface area contributed by atoms with E-state index in [0.717, 1.165) is 24.4 Å². The number of rotatable bonds is 2. The van der Waals surface area contributed by atoms with E-state index in [4.69, 9.17) is 10.5 Å². The summed E-state index contributed by atoms with van der Waals surface area (Å²) in [5, 5.41) is 1.17. The molecule has 1 aliphatic heterocycles. The maximum Gasteiger partial charge on any atom is 0.0894 e. The second-order valence-electron chi connectivity index (χ2n) is 5.48. The standard InChI is InChI=1S/C16H21N3O/c1-11-3-4-12-9-13(5-6-14(12)18-11)16-15(10-17)20-8-7-19(16)2/h3-6,9,15-16H,7-8,10,17H2,1-2H3. The van der Waals surface area contributed by atoms with E-state index in [1.165, 1.54) is 10.9 Å². The minimum Gasteiger partial charge on any atom is -0.374 e. The molecule has 3 rings (SSSR count). The summed E-state index contributed by atoms with van der Waals surface area (Å²) in [4.78, 5) is 6.87. The van der Waals surface area contributed by atoms with Gasteiger partial charge in [0, 0.05) is 24.2 Å². The number of ether oxygens (including phenoxy) is 1. The van der Waals surface area contributed by atoms with Crippen LogP contribution >= 0.6 is 0 Å². The molecule has 2 aromatic rings. The van der Waals surface area contributed by atoms with Gasteiger partial charge >= 0.3 is 0 Å². The zero-order valence-corrected chi connectivity index (χ0v) is 12.0. The van der Waals surface area contributed by atoms with Gasteiger partial charge in [-0.3, -0.25) is 9.88 Å². The molecule has 0 saturated carbocycles. The molecule has 0 bridgehead atoms. The molecule has 0 aliphatic carbocycles. The molecule has 2 atom stereocenters. The Kier molecular flexibility index (Phi) is 3.70. The molecule has 0 radical (unpaired) electrons. The van der Waals surface area contributed by atoms with Crippen molar-refractivity contribution in [3.05, 3.63) is 41.6 Å². The van der Waals surface area contributed by atoms with Crippen molar-refractivity contribution in [1.82, 2.24) is 9.88 Å². The van der Waals surface area contributed by atoms with E-state index in [1.807, 2.05) is 13.0 Å². The van der Waals surface area contributed by atoms with Crippen molar-refractivity contribution in [3.63, 3.8) is 0 Å². The molecule has 1 aliphatic rings. The van der Waals surface area contributed by atoms with E-state index in [9.17, 15) is 0 Å². The van der Waals surface area contributed by atoms with Gasteiger partial charge in [0.2, 0.25) is 0 Å². The van der Waals surface area contributed by atoms with Crippen molar-refractivity contribution in [2.24, 2.45) is 5.73 Å². The summed E-state index contributed by atoms with van der Waals surface area (Å²) in [5.41, 5.74) is 9.20. The lowest BCUT2D eigenvalue weighted by molar-refractivity contribution is -0.0576. The van der Waals surface area contributed by atoms with E-state index in [0.29, 0.717) is 6.54 Å². The van der Waals surface area contributed by atoms with Crippen LogP contribution in [-0.2, 0) is 4.74 Å². The Morgan fingerprint density at radius 3 is 3.00 bits per heavy atom. The summed E-state index contributed by atoms with van der Waals surface area (Å²) in [6.45, 7) is 4.24. The molecule has 2 N–H and O–H groups in total. The van der Waals surface area contributed by atoms with Crippen LogP contribution in [0.15, 0.2) is 30.3 Å². The quantitative estimate of drug-likeness (QED) is 0.906. The third-order valence-electron chi connectivity index (χ3n) is 4.03. The second-order valence-corrected chi connectivity index (χ2v) is 5.48. The fourth-order valence-corrected chi connectivity index (χ4v) is 2.96. The third kappa shape index (κ3) is 2.42. The van der Waals surface area contributed by atoms with Crippen molar-refractivity contribution in [1.29, 1.82) is 0 Å². The van der Waals surface area contributed by atoms with Crippen LogP contribution < -0.4 is 5.73 Å².